The molecule has 110 valence electrons. The van der Waals surface area contributed by atoms with Crippen LogP contribution < -0.4 is 11.1 Å². The summed E-state index contributed by atoms with van der Waals surface area (Å²) in [5.74, 6) is -1.57. The van der Waals surface area contributed by atoms with Crippen LogP contribution in [0, 0.1) is 5.41 Å². The van der Waals surface area contributed by atoms with Crippen molar-refractivity contribution >= 4 is 29.2 Å². The minimum Gasteiger partial charge on any atom is -0.481 e. The maximum atomic E-state index is 11.5. The van der Waals surface area contributed by atoms with E-state index in [0.717, 1.165) is 0 Å². The van der Waals surface area contributed by atoms with Gasteiger partial charge in [0.1, 0.15) is 0 Å². The maximum absolute atomic E-state index is 11.5. The van der Waals surface area contributed by atoms with Crippen LogP contribution in [0.4, 0.5) is 5.69 Å². The molecular formula is C14H19ClN2O3. The molecular weight excluding hydrogens is 280 g/mol. The van der Waals surface area contributed by atoms with Crippen LogP contribution in [0.15, 0.2) is 18.2 Å². The number of benzene rings is 1. The first kappa shape index (κ1) is 16.3. The van der Waals surface area contributed by atoms with E-state index in [2.05, 4.69) is 5.32 Å². The van der Waals surface area contributed by atoms with E-state index in [-0.39, 0.29) is 5.56 Å². The molecule has 0 saturated carbocycles. The third-order valence-corrected chi connectivity index (χ3v) is 4.03. The van der Waals surface area contributed by atoms with Crippen molar-refractivity contribution in [1.82, 2.24) is 0 Å². The Balaban J connectivity index is 3.22. The number of halogens is 1. The van der Waals surface area contributed by atoms with E-state index in [0.29, 0.717) is 10.7 Å². The van der Waals surface area contributed by atoms with Crippen molar-refractivity contribution in [1.29, 1.82) is 0 Å². The zero-order chi connectivity index (χ0) is 15.7. The van der Waals surface area contributed by atoms with E-state index in [4.69, 9.17) is 17.3 Å². The molecule has 0 aliphatic carbocycles. The summed E-state index contributed by atoms with van der Waals surface area (Å²) >= 11 is 5.84. The molecule has 1 aromatic rings. The molecule has 0 aliphatic heterocycles. The number of carbonyl (C=O) groups is 2. The van der Waals surface area contributed by atoms with Gasteiger partial charge in [0, 0.05) is 16.2 Å². The van der Waals surface area contributed by atoms with Gasteiger partial charge in [-0.05, 0) is 45.9 Å². The van der Waals surface area contributed by atoms with E-state index in [1.807, 2.05) is 0 Å². The van der Waals surface area contributed by atoms with Crippen molar-refractivity contribution < 1.29 is 14.7 Å². The second kappa shape index (κ2) is 5.32. The van der Waals surface area contributed by atoms with E-state index in [9.17, 15) is 14.7 Å². The fourth-order valence-corrected chi connectivity index (χ4v) is 1.76. The van der Waals surface area contributed by atoms with Gasteiger partial charge in [0.2, 0.25) is 0 Å². The zero-order valence-electron chi connectivity index (χ0n) is 12.0. The molecule has 0 aromatic heterocycles. The standard InChI is InChI=1S/C14H19ClN2O3/c1-13(2,12(19)20)14(3,4)17-10-6-5-8(15)7-9(10)11(16)18/h5-7,17H,1-4H3,(H2,16,18)(H,19,20). The number of amides is 1. The number of carboxylic acid groups (broad SMARTS) is 1. The first-order chi connectivity index (χ1) is 8.99. The average molecular weight is 299 g/mol. The first-order valence-corrected chi connectivity index (χ1v) is 6.48. The van der Waals surface area contributed by atoms with E-state index >= 15 is 0 Å². The monoisotopic (exact) mass is 298 g/mol. The SMILES string of the molecule is CC(C)(Nc1ccc(Cl)cc1C(N)=O)C(C)(C)C(=O)O. The molecule has 0 radical (unpaired) electrons. The van der Waals surface area contributed by atoms with Crippen LogP contribution in [0.25, 0.3) is 0 Å². The van der Waals surface area contributed by atoms with Gasteiger partial charge in [0.15, 0.2) is 0 Å². The summed E-state index contributed by atoms with van der Waals surface area (Å²) in [7, 11) is 0. The number of rotatable bonds is 5. The number of aliphatic carboxylic acids is 1. The lowest BCUT2D eigenvalue weighted by atomic mass is 9.74. The molecule has 1 rings (SSSR count). The topological polar surface area (TPSA) is 92.4 Å². The summed E-state index contributed by atoms with van der Waals surface area (Å²) in [6.07, 6.45) is 0. The number of nitrogens with one attached hydrogen (secondary N) is 1. The highest BCUT2D eigenvalue weighted by molar-refractivity contribution is 6.31. The van der Waals surface area contributed by atoms with Crippen LogP contribution in [0.5, 0.6) is 0 Å². The third kappa shape index (κ3) is 3.04. The second-order valence-electron chi connectivity index (χ2n) is 5.73. The van der Waals surface area contributed by atoms with Gasteiger partial charge in [-0.1, -0.05) is 11.6 Å². The van der Waals surface area contributed by atoms with Crippen molar-refractivity contribution in [3.63, 3.8) is 0 Å². The van der Waals surface area contributed by atoms with Gasteiger partial charge >= 0.3 is 5.97 Å². The molecule has 0 spiro atoms. The lowest BCUT2D eigenvalue weighted by Gasteiger charge is -2.40. The van der Waals surface area contributed by atoms with E-state index in [1.165, 1.54) is 6.07 Å². The quantitative estimate of drug-likeness (QED) is 0.779. The molecule has 0 saturated heterocycles. The second-order valence-corrected chi connectivity index (χ2v) is 6.17. The van der Waals surface area contributed by atoms with Gasteiger partial charge in [-0.25, -0.2) is 0 Å². The molecule has 0 atom stereocenters. The molecule has 20 heavy (non-hydrogen) atoms. The highest BCUT2D eigenvalue weighted by atomic mass is 35.5. The normalized spacial score (nSPS) is 12.1. The lowest BCUT2D eigenvalue weighted by molar-refractivity contribution is -0.149. The summed E-state index contributed by atoms with van der Waals surface area (Å²) in [6, 6.07) is 4.68. The van der Waals surface area contributed by atoms with E-state index in [1.54, 1.807) is 39.8 Å². The van der Waals surface area contributed by atoms with Crippen LogP contribution in [0.2, 0.25) is 5.02 Å². The number of nitrogens with two attached hydrogens (primary N) is 1. The number of hydrogen-bond acceptors (Lipinski definition) is 3. The summed E-state index contributed by atoms with van der Waals surface area (Å²) in [5, 5.41) is 12.8. The fourth-order valence-electron chi connectivity index (χ4n) is 1.59. The van der Waals surface area contributed by atoms with Crippen LogP contribution in [0.3, 0.4) is 0 Å². The van der Waals surface area contributed by atoms with Crippen molar-refractivity contribution in [2.45, 2.75) is 33.2 Å². The Bertz CT molecular complexity index is 553. The summed E-state index contributed by atoms with van der Waals surface area (Å²) in [5.41, 5.74) is 4.14. The molecule has 0 bridgehead atoms. The number of hydrogen-bond donors (Lipinski definition) is 3. The Labute approximate surface area is 123 Å². The molecule has 1 aromatic carbocycles. The first-order valence-electron chi connectivity index (χ1n) is 6.10. The van der Waals surface area contributed by atoms with Crippen LogP contribution in [0.1, 0.15) is 38.1 Å². The fraction of sp³-hybridized carbons (Fsp3) is 0.429. The van der Waals surface area contributed by atoms with Gasteiger partial charge in [0.25, 0.3) is 5.91 Å². The van der Waals surface area contributed by atoms with Gasteiger partial charge in [-0.2, -0.15) is 0 Å². The Morgan fingerprint density at radius 2 is 1.80 bits per heavy atom. The summed E-state index contributed by atoms with van der Waals surface area (Å²) in [4.78, 5) is 22.8. The minimum atomic E-state index is -1.05. The molecule has 1 amide bonds. The van der Waals surface area contributed by atoms with Gasteiger partial charge in [-0.15, -0.1) is 0 Å². The minimum absolute atomic E-state index is 0.228. The Hall–Kier alpha value is -1.75. The maximum Gasteiger partial charge on any atom is 0.311 e. The van der Waals surface area contributed by atoms with Crippen molar-refractivity contribution in [3.05, 3.63) is 28.8 Å². The average Bonchev–Trinajstić information content (AvgIpc) is 2.30. The largest absolute Gasteiger partial charge is 0.481 e. The Morgan fingerprint density at radius 3 is 2.25 bits per heavy atom. The lowest BCUT2D eigenvalue weighted by Crippen LogP contribution is -2.50. The van der Waals surface area contributed by atoms with Crippen LogP contribution >= 0.6 is 11.6 Å². The molecule has 0 aliphatic rings. The number of primary amides is 1. The number of carbonyl (C=O) groups excluding carboxylic acids is 1. The predicted octanol–water partition coefficient (Wildman–Crippen LogP) is 2.74. The smallest absolute Gasteiger partial charge is 0.311 e. The highest BCUT2D eigenvalue weighted by Gasteiger charge is 2.43. The zero-order valence-corrected chi connectivity index (χ0v) is 12.7. The Morgan fingerprint density at radius 1 is 1.25 bits per heavy atom. The number of carboxylic acids is 1. The van der Waals surface area contributed by atoms with Crippen molar-refractivity contribution in [2.24, 2.45) is 11.1 Å². The molecule has 5 nitrogen and oxygen atoms in total. The van der Waals surface area contributed by atoms with Crippen molar-refractivity contribution in [2.75, 3.05) is 5.32 Å². The van der Waals surface area contributed by atoms with Gasteiger partial charge < -0.3 is 16.2 Å². The predicted molar refractivity (Wildman–Crippen MR) is 79.1 cm³/mol. The van der Waals surface area contributed by atoms with Gasteiger partial charge in [-0.3, -0.25) is 9.59 Å². The van der Waals surface area contributed by atoms with Gasteiger partial charge in [0.05, 0.1) is 11.0 Å². The Kier molecular flexibility index (Phi) is 4.34. The van der Waals surface area contributed by atoms with Crippen LogP contribution in [-0.4, -0.2) is 22.5 Å². The molecule has 6 heteroatoms. The summed E-state index contributed by atoms with van der Waals surface area (Å²) in [6.45, 7) is 6.73. The highest BCUT2D eigenvalue weighted by Crippen LogP contribution is 2.35. The molecule has 0 heterocycles. The van der Waals surface area contributed by atoms with Crippen LogP contribution in [-0.2, 0) is 4.79 Å². The summed E-state index contributed by atoms with van der Waals surface area (Å²) < 4.78 is 0. The van der Waals surface area contributed by atoms with E-state index < -0.39 is 22.8 Å². The third-order valence-electron chi connectivity index (χ3n) is 3.79. The molecule has 4 N–H and O–H groups in total. The number of anilines is 1. The molecule has 0 fully saturated rings. The molecule has 0 unspecified atom stereocenters. The van der Waals surface area contributed by atoms with Crippen molar-refractivity contribution in [3.8, 4) is 0 Å².